The number of carbonyl (C=O) groups excluding carboxylic acids is 1. The molecule has 1 amide bonds. The molecule has 10 nitrogen and oxygen atoms in total. The van der Waals surface area contributed by atoms with Crippen molar-refractivity contribution in [3.63, 3.8) is 0 Å². The molecule has 5 aromatic heterocycles. The van der Waals surface area contributed by atoms with Crippen LogP contribution in [0, 0.1) is 0 Å². The molecular weight excluding hydrogens is 444 g/mol. The maximum Gasteiger partial charge on any atom is 0.270 e. The molecule has 1 aliphatic rings. The second-order valence-electron chi connectivity index (χ2n) is 9.05. The highest BCUT2D eigenvalue weighted by atomic mass is 16.5. The van der Waals surface area contributed by atoms with E-state index in [9.17, 15) is 4.79 Å². The number of amides is 1. The zero-order valence-electron chi connectivity index (χ0n) is 19.2. The molecule has 174 valence electrons. The van der Waals surface area contributed by atoms with Gasteiger partial charge in [0, 0.05) is 35.1 Å². The van der Waals surface area contributed by atoms with E-state index in [1.807, 2.05) is 25.1 Å². The van der Waals surface area contributed by atoms with Gasteiger partial charge in [0.2, 0.25) is 0 Å². The van der Waals surface area contributed by atoms with Crippen molar-refractivity contribution < 1.29 is 9.32 Å². The van der Waals surface area contributed by atoms with Crippen LogP contribution in [0.25, 0.3) is 33.9 Å². The predicted octanol–water partition coefficient (Wildman–Crippen LogP) is 4.01. The molecule has 1 unspecified atom stereocenters. The topological polar surface area (TPSA) is 135 Å². The SMILES string of the molecule is CC(NC(=O)c1cc(-c2ccncc2)ncn1)c1cc(-c2nc3nc(C4(C)CC4)ccc3[nH]2)no1. The van der Waals surface area contributed by atoms with Gasteiger partial charge >= 0.3 is 0 Å². The Morgan fingerprint density at radius 2 is 1.91 bits per heavy atom. The van der Waals surface area contributed by atoms with Gasteiger partial charge in [0.15, 0.2) is 17.2 Å². The van der Waals surface area contributed by atoms with Crippen LogP contribution in [-0.4, -0.2) is 41.0 Å². The minimum Gasteiger partial charge on any atom is -0.358 e. The van der Waals surface area contributed by atoms with Crippen molar-refractivity contribution in [1.29, 1.82) is 0 Å². The summed E-state index contributed by atoms with van der Waals surface area (Å²) in [5, 5.41) is 7.04. The van der Waals surface area contributed by atoms with Crippen molar-refractivity contribution in [2.24, 2.45) is 0 Å². The summed E-state index contributed by atoms with van der Waals surface area (Å²) in [7, 11) is 0. The van der Waals surface area contributed by atoms with Crippen LogP contribution in [0.3, 0.4) is 0 Å². The van der Waals surface area contributed by atoms with Crippen molar-refractivity contribution in [3.8, 4) is 22.8 Å². The van der Waals surface area contributed by atoms with Gasteiger partial charge in [-0.05, 0) is 50.1 Å². The van der Waals surface area contributed by atoms with E-state index in [1.165, 1.54) is 6.33 Å². The highest BCUT2D eigenvalue weighted by Gasteiger charge is 2.40. The Bertz CT molecular complexity index is 1540. The predicted molar refractivity (Wildman–Crippen MR) is 127 cm³/mol. The number of rotatable bonds is 6. The fourth-order valence-electron chi connectivity index (χ4n) is 3.90. The molecule has 0 bridgehead atoms. The molecule has 5 aromatic rings. The molecule has 1 fully saturated rings. The molecule has 10 heteroatoms. The largest absolute Gasteiger partial charge is 0.358 e. The van der Waals surface area contributed by atoms with Gasteiger partial charge < -0.3 is 14.8 Å². The van der Waals surface area contributed by atoms with E-state index in [2.05, 4.69) is 48.4 Å². The van der Waals surface area contributed by atoms with E-state index in [4.69, 9.17) is 9.51 Å². The number of nitrogens with one attached hydrogen (secondary N) is 2. The van der Waals surface area contributed by atoms with E-state index >= 15 is 0 Å². The van der Waals surface area contributed by atoms with Gasteiger partial charge in [-0.15, -0.1) is 0 Å². The number of aromatic amines is 1. The Morgan fingerprint density at radius 3 is 2.71 bits per heavy atom. The number of hydrogen-bond donors (Lipinski definition) is 2. The Morgan fingerprint density at radius 1 is 1.09 bits per heavy atom. The summed E-state index contributed by atoms with van der Waals surface area (Å²) in [6.07, 6.45) is 7.01. The molecule has 1 atom stereocenters. The van der Waals surface area contributed by atoms with Crippen LogP contribution in [0.2, 0.25) is 0 Å². The maximum atomic E-state index is 12.8. The first-order valence-corrected chi connectivity index (χ1v) is 11.4. The zero-order valence-corrected chi connectivity index (χ0v) is 19.2. The van der Waals surface area contributed by atoms with Crippen molar-refractivity contribution in [2.75, 3.05) is 0 Å². The van der Waals surface area contributed by atoms with Crippen LogP contribution in [-0.2, 0) is 5.41 Å². The molecule has 0 radical (unpaired) electrons. The number of nitrogens with zero attached hydrogens (tertiary/aromatic N) is 6. The summed E-state index contributed by atoms with van der Waals surface area (Å²) in [5.41, 5.74) is 5.02. The van der Waals surface area contributed by atoms with Crippen LogP contribution in [0.15, 0.2) is 59.6 Å². The summed E-state index contributed by atoms with van der Waals surface area (Å²) < 4.78 is 5.51. The van der Waals surface area contributed by atoms with Crippen LogP contribution in [0.4, 0.5) is 0 Å². The average Bonchev–Trinajstić information content (AvgIpc) is 3.28. The standard InChI is InChI=1S/C25H22N8O2/c1-14(29-24(34)19-11-17(27-13-28-19)15-5-9-26-10-6-15)20-12-18(33-35-20)23-30-16-3-4-21(25(2)7-8-25)31-22(16)32-23/h3-6,9-14H,7-8H2,1-2H3,(H,29,34)(H,30,31,32). The lowest BCUT2D eigenvalue weighted by molar-refractivity contribution is 0.0928. The van der Waals surface area contributed by atoms with Crippen molar-refractivity contribution in [1.82, 2.24) is 40.4 Å². The fraction of sp³-hybridized carbons (Fsp3) is 0.240. The Hall–Kier alpha value is -4.47. The van der Waals surface area contributed by atoms with Gasteiger partial charge in [-0.25, -0.2) is 19.9 Å². The number of fused-ring (bicyclic) bond motifs is 1. The molecule has 1 saturated carbocycles. The van der Waals surface area contributed by atoms with Crippen LogP contribution in [0.1, 0.15) is 54.7 Å². The molecule has 0 aliphatic heterocycles. The third-order valence-electron chi connectivity index (χ3n) is 6.39. The maximum absolute atomic E-state index is 12.8. The third kappa shape index (κ3) is 4.03. The number of aromatic nitrogens is 7. The van der Waals surface area contributed by atoms with Crippen LogP contribution >= 0.6 is 0 Å². The molecule has 35 heavy (non-hydrogen) atoms. The molecule has 1 aliphatic carbocycles. The monoisotopic (exact) mass is 466 g/mol. The van der Waals surface area contributed by atoms with E-state index in [0.717, 1.165) is 29.6 Å². The zero-order chi connectivity index (χ0) is 24.0. The Labute approximate surface area is 200 Å². The van der Waals surface area contributed by atoms with Crippen molar-refractivity contribution in [3.05, 3.63) is 72.3 Å². The molecule has 0 saturated heterocycles. The first-order valence-electron chi connectivity index (χ1n) is 11.4. The second kappa shape index (κ2) is 8.08. The molecule has 5 heterocycles. The van der Waals surface area contributed by atoms with Crippen molar-refractivity contribution >= 4 is 17.1 Å². The highest BCUT2D eigenvalue weighted by molar-refractivity contribution is 5.93. The summed E-state index contributed by atoms with van der Waals surface area (Å²) >= 11 is 0. The minimum atomic E-state index is -0.438. The molecule has 6 rings (SSSR count). The van der Waals surface area contributed by atoms with Gasteiger partial charge in [-0.3, -0.25) is 9.78 Å². The van der Waals surface area contributed by atoms with Gasteiger partial charge in [-0.1, -0.05) is 12.1 Å². The van der Waals surface area contributed by atoms with Crippen molar-refractivity contribution in [2.45, 2.75) is 38.1 Å². The third-order valence-corrected chi connectivity index (χ3v) is 6.39. The average molecular weight is 467 g/mol. The lowest BCUT2D eigenvalue weighted by Gasteiger charge is -2.10. The number of H-pyrrole nitrogens is 1. The molecule has 0 spiro atoms. The van der Waals surface area contributed by atoms with E-state index < -0.39 is 6.04 Å². The number of hydrogen-bond acceptors (Lipinski definition) is 8. The fourth-order valence-corrected chi connectivity index (χ4v) is 3.90. The van der Waals surface area contributed by atoms with Crippen LogP contribution < -0.4 is 5.32 Å². The smallest absolute Gasteiger partial charge is 0.270 e. The van der Waals surface area contributed by atoms with E-state index in [-0.39, 0.29) is 17.0 Å². The van der Waals surface area contributed by atoms with Gasteiger partial charge in [0.25, 0.3) is 5.91 Å². The lowest BCUT2D eigenvalue weighted by atomic mass is 10.1. The first kappa shape index (κ1) is 21.1. The normalized spacial score (nSPS) is 15.1. The van der Waals surface area contributed by atoms with Gasteiger partial charge in [0.05, 0.1) is 17.3 Å². The van der Waals surface area contributed by atoms with Crippen LogP contribution in [0.5, 0.6) is 0 Å². The highest BCUT2D eigenvalue weighted by Crippen LogP contribution is 2.46. The summed E-state index contributed by atoms with van der Waals surface area (Å²) in [6.45, 7) is 4.03. The summed E-state index contributed by atoms with van der Waals surface area (Å²) in [5.74, 6) is 0.718. The van der Waals surface area contributed by atoms with Gasteiger partial charge in [0.1, 0.15) is 17.7 Å². The number of imidazole rings is 1. The summed E-state index contributed by atoms with van der Waals surface area (Å²) in [4.78, 5) is 37.8. The first-order chi connectivity index (χ1) is 17.0. The molecular formula is C25H22N8O2. The van der Waals surface area contributed by atoms with E-state index in [1.54, 1.807) is 24.5 Å². The Balaban J connectivity index is 1.18. The van der Waals surface area contributed by atoms with E-state index in [0.29, 0.717) is 28.6 Å². The quantitative estimate of drug-likeness (QED) is 0.383. The molecule has 2 N–H and O–H groups in total. The van der Waals surface area contributed by atoms with Gasteiger partial charge in [-0.2, -0.15) is 0 Å². The lowest BCUT2D eigenvalue weighted by Crippen LogP contribution is -2.27. The number of carbonyl (C=O) groups is 1. The minimum absolute atomic E-state index is 0.171. The Kier molecular flexibility index (Phi) is 4.87. The number of pyridine rings is 2. The molecule has 0 aromatic carbocycles. The second-order valence-corrected chi connectivity index (χ2v) is 9.05. The summed E-state index contributed by atoms with van der Waals surface area (Å²) in [6, 6.07) is 10.7.